The van der Waals surface area contributed by atoms with E-state index in [0.29, 0.717) is 163 Å². The molecule has 18 aliphatic rings. The molecule has 0 spiro atoms. The second kappa shape index (κ2) is 55.3. The van der Waals surface area contributed by atoms with Crippen molar-refractivity contribution in [3.8, 4) is 0 Å². The quantitative estimate of drug-likeness (QED) is 0.0222. The van der Waals surface area contributed by atoms with E-state index in [1.54, 1.807) is 24.2 Å². The molecule has 0 unspecified atom stereocenters. The predicted molar refractivity (Wildman–Crippen MR) is 462 cm³/mol. The third-order valence-electron chi connectivity index (χ3n) is 22.6. The summed E-state index contributed by atoms with van der Waals surface area (Å²) in [5, 5.41) is 14.6. The first kappa shape index (κ1) is 99.5. The summed E-state index contributed by atoms with van der Waals surface area (Å²) in [4.78, 5) is 80.2. The van der Waals surface area contributed by atoms with Crippen LogP contribution in [0, 0.1) is 0 Å². The van der Waals surface area contributed by atoms with Gasteiger partial charge in [-0.3, -0.25) is 38.9 Å². The number of aromatic nitrogens is 2. The molecule has 18 fully saturated rings. The highest BCUT2D eigenvalue weighted by Gasteiger charge is 2.48. The van der Waals surface area contributed by atoms with Gasteiger partial charge in [0, 0.05) is 220 Å². The normalized spacial score (nSPS) is 30.4. The van der Waals surface area contributed by atoms with Crippen LogP contribution in [-0.2, 0) is 94.5 Å². The van der Waals surface area contributed by atoms with Gasteiger partial charge < -0.3 is 121 Å². The molecule has 0 radical (unpaired) electrons. The molecule has 121 heavy (non-hydrogen) atoms. The number of alkyl carbamates (subject to hydrolysis) is 3. The van der Waals surface area contributed by atoms with Gasteiger partial charge in [0.2, 0.25) is 0 Å². The standard InChI is InChI=1S/C38H73N7O13Si3.C13H22N4O4Si.C11H22N2O3S2Si.C11H21NO6Si/c46-36(39-6-1-31-59-33-4-9-42(14-24-52-59)15-25-53-59)49-21-11-44(12-22-50-37(47)40-7-2-32-60-34-5-10-43(16-26-54-60)17-27-55-60)13-23-51-38(48)41-8-3-35-61-56-28-18-45(19-29-57-61)20-30-58-61;18-13(17-4-3-14-12-17)15-2-1-11-22-19-8-5-16(6-9-20-22)7-10-21-22;1-18-11(17)12-3-2-10-19-14-7-4-13(5-8-15-19)6-9-16-19;1-14-11(13)15-6-2-10-19-16-7-3-12(4-8-17-19)5-9-18-19/h1-35H2,(H,39,46)(H,40,47)(H,41,48);3-4,12H,1-2,5-11H2,(H,15,18);2-10H2,1H3,(H,12,17);2-10H2,1H3. The molecule has 12 bridgehead atoms. The fraction of sp³-hybridized carbons (Fsp3) is 0.877. The zero-order valence-corrected chi connectivity index (χ0v) is 79.2. The molecule has 48 heteroatoms. The molecule has 0 aromatic carbocycles. The van der Waals surface area contributed by atoms with E-state index in [2.05, 4.69) is 65.7 Å². The van der Waals surface area contributed by atoms with Gasteiger partial charge in [-0.25, -0.2) is 29.0 Å². The topological polar surface area (TPSA) is 380 Å². The highest BCUT2D eigenvalue weighted by molar-refractivity contribution is 8.22. The minimum absolute atomic E-state index is 0.0936. The first-order chi connectivity index (χ1) is 59.1. The van der Waals surface area contributed by atoms with E-state index >= 15 is 0 Å². The van der Waals surface area contributed by atoms with Crippen molar-refractivity contribution >= 4 is 111 Å². The van der Waals surface area contributed by atoms with Crippen LogP contribution in [-0.4, -0.2) is 447 Å². The van der Waals surface area contributed by atoms with Gasteiger partial charge in [0.1, 0.15) is 30.5 Å². The van der Waals surface area contributed by atoms with Crippen LogP contribution in [0.1, 0.15) is 51.4 Å². The van der Waals surface area contributed by atoms with Crippen molar-refractivity contribution in [2.75, 3.05) is 316 Å². The molecule has 4 amide bonds. The van der Waals surface area contributed by atoms with E-state index in [1.807, 2.05) is 11.2 Å². The average molecular weight is 1860 g/mol. The Bertz CT molecular complexity index is 2780. The van der Waals surface area contributed by atoms with Crippen LogP contribution in [0.15, 0.2) is 18.7 Å². The molecule has 692 valence electrons. The van der Waals surface area contributed by atoms with Crippen LogP contribution in [0.25, 0.3) is 0 Å². The fourth-order valence-electron chi connectivity index (χ4n) is 15.8. The Hall–Kier alpha value is -3.62. The summed E-state index contributed by atoms with van der Waals surface area (Å²) in [6.07, 6.45) is 11.2. The molecule has 1 aromatic heterocycles. The Morgan fingerprint density at radius 2 is 0.669 bits per heavy atom. The van der Waals surface area contributed by atoms with E-state index in [-0.39, 0.29) is 25.9 Å². The Kier molecular flexibility index (Phi) is 45.5. The SMILES string of the molecule is COC(=O)OCCC[Si]12OCCN(CCO1)CCO2.CSC(=S)NCCC[Si]12OCCN(CCO1)CCO2.O=C(NCCC[Si]12CCCN(CCO1)CCO2)OCCN(CCOC(=O)NCCC[Si]12CCCN(CCO1)CCO2)CCOC(=O)NCCC[Si]12OCCN(CCO1)CCO2.O=C(NCCC[Si]12OCCN(CCO1)CCO2)n1ccnc1. The van der Waals surface area contributed by atoms with Crippen molar-refractivity contribution < 1.29 is 118 Å². The zero-order chi connectivity index (χ0) is 84.8. The average Bonchev–Trinajstić information content (AvgIpc) is 1.38. The zero-order valence-electron chi connectivity index (χ0n) is 71.5. The molecule has 18 aliphatic heterocycles. The lowest BCUT2D eigenvalue weighted by atomic mass is 10.4. The Morgan fingerprint density at radius 1 is 0.380 bits per heavy atom. The molecule has 18 saturated heterocycles. The fourth-order valence-corrected chi connectivity index (χ4v) is 32.6. The first-order valence-corrected chi connectivity index (χ1v) is 57.7. The number of carbonyl (C=O) groups is 5. The monoisotopic (exact) mass is 1860 g/mol. The number of nitrogens with zero attached hydrogens (tertiary/aromatic N) is 9. The van der Waals surface area contributed by atoms with Crippen molar-refractivity contribution in [2.24, 2.45) is 0 Å². The number of nitrogens with one attached hydrogen (secondary N) is 5. The van der Waals surface area contributed by atoms with E-state index < -0.39 is 76.8 Å². The number of thioether (sulfide) groups is 1. The van der Waals surface area contributed by atoms with Gasteiger partial charge in [-0.1, -0.05) is 12.2 Å². The molecular formula is C73H138N14O26S2Si6. The largest absolute Gasteiger partial charge is 0.507 e. The number of hydrogen-bond donors (Lipinski definition) is 5. The summed E-state index contributed by atoms with van der Waals surface area (Å²) >= 11 is 6.68. The molecule has 0 aliphatic carbocycles. The van der Waals surface area contributed by atoms with Crippen LogP contribution in [0.5, 0.6) is 0 Å². The number of amides is 4. The molecule has 40 nitrogen and oxygen atoms in total. The highest BCUT2D eigenvalue weighted by Crippen LogP contribution is 2.31. The number of carbonyl (C=O) groups excluding carboxylic acids is 5. The van der Waals surface area contributed by atoms with Crippen molar-refractivity contribution in [3.05, 3.63) is 18.7 Å². The van der Waals surface area contributed by atoms with Gasteiger partial charge in [-0.2, -0.15) is 0 Å². The van der Waals surface area contributed by atoms with Crippen LogP contribution in [0.2, 0.25) is 48.4 Å². The third kappa shape index (κ3) is 36.8. The number of thiocarbonyl (C=S) groups is 1. The van der Waals surface area contributed by atoms with E-state index in [0.717, 1.165) is 223 Å². The molecule has 0 atom stereocenters. The molecule has 1 aromatic rings. The summed E-state index contributed by atoms with van der Waals surface area (Å²) in [7, 11) is -13.5. The number of ether oxygens (including phenoxy) is 5. The number of imidazole rings is 1. The predicted octanol–water partition coefficient (Wildman–Crippen LogP) is 2.90. The van der Waals surface area contributed by atoms with E-state index in [9.17, 15) is 24.0 Å². The summed E-state index contributed by atoms with van der Waals surface area (Å²) in [5.74, 6) is 0. The van der Waals surface area contributed by atoms with Crippen LogP contribution >= 0.6 is 24.0 Å². The van der Waals surface area contributed by atoms with Gasteiger partial charge in [0.05, 0.1) is 93.0 Å². The van der Waals surface area contributed by atoms with E-state index in [4.69, 9.17) is 102 Å². The van der Waals surface area contributed by atoms with Crippen molar-refractivity contribution in [1.29, 1.82) is 0 Å². The lowest BCUT2D eigenvalue weighted by Gasteiger charge is -2.39. The van der Waals surface area contributed by atoms with E-state index in [1.165, 1.54) is 18.0 Å². The van der Waals surface area contributed by atoms with Crippen molar-refractivity contribution in [1.82, 2.24) is 70.4 Å². The maximum absolute atomic E-state index is 12.6. The van der Waals surface area contributed by atoms with Crippen LogP contribution < -0.4 is 26.6 Å². The summed E-state index contributed by atoms with van der Waals surface area (Å²) < 4.78 is 125. The van der Waals surface area contributed by atoms with Gasteiger partial charge in [0.15, 0.2) is 0 Å². The van der Waals surface area contributed by atoms with Crippen LogP contribution in [0.4, 0.5) is 24.0 Å². The number of fused-ring (bicyclic) bond motifs is 36. The lowest BCUT2D eigenvalue weighted by molar-refractivity contribution is -0.00994. The molecule has 0 saturated carbocycles. The lowest BCUT2D eigenvalue weighted by Crippen LogP contribution is -2.55. The molecule has 19 rings (SSSR count). The molecule has 5 N–H and O–H groups in total. The first-order valence-electron chi connectivity index (χ1n) is 43.9. The minimum atomic E-state index is -2.76. The Labute approximate surface area is 730 Å². The number of hydrogen-bond acceptors (Lipinski definition) is 36. The van der Waals surface area contributed by atoms with Crippen LogP contribution in [0.3, 0.4) is 0 Å². The molecule has 19 heterocycles. The second-order valence-electron chi connectivity index (χ2n) is 31.0. The van der Waals surface area contributed by atoms with Crippen molar-refractivity contribution in [2.45, 2.75) is 99.7 Å². The number of rotatable bonds is 33. The van der Waals surface area contributed by atoms with Gasteiger partial charge >= 0.3 is 82.8 Å². The molecular weight excluding hydrogens is 1720 g/mol. The van der Waals surface area contributed by atoms with Gasteiger partial charge in [0.25, 0.3) is 0 Å². The van der Waals surface area contributed by atoms with Gasteiger partial charge in [-0.15, -0.1) is 11.8 Å². The summed E-state index contributed by atoms with van der Waals surface area (Å²) in [6.45, 7) is 32.3. The smallest absolute Gasteiger partial charge is 0.448 e. The maximum Gasteiger partial charge on any atom is 0.507 e. The highest BCUT2D eigenvalue weighted by atomic mass is 32.2. The minimum Gasteiger partial charge on any atom is -0.448 e. The Balaban J connectivity index is 0.000000205. The van der Waals surface area contributed by atoms with Gasteiger partial charge in [-0.05, 0) is 94.9 Å². The number of methoxy groups -OCH3 is 1. The summed E-state index contributed by atoms with van der Waals surface area (Å²) in [5.41, 5.74) is 0. The van der Waals surface area contributed by atoms with Crippen molar-refractivity contribution in [3.63, 3.8) is 0 Å². The summed E-state index contributed by atoms with van der Waals surface area (Å²) in [6, 6.07) is 6.36. The Morgan fingerprint density at radius 3 is 0.975 bits per heavy atom. The third-order valence-corrected chi connectivity index (χ3v) is 42.7. The maximum atomic E-state index is 12.6. The second-order valence-corrected chi connectivity index (χ2v) is 50.2.